The number of hydrogen-bond acceptors (Lipinski definition) is 3. The van der Waals surface area contributed by atoms with Gasteiger partial charge in [0, 0.05) is 11.1 Å². The minimum absolute atomic E-state index is 0.0384. The van der Waals surface area contributed by atoms with Gasteiger partial charge in [-0.25, -0.2) is 0 Å². The maximum atomic E-state index is 11.2. The van der Waals surface area contributed by atoms with Gasteiger partial charge in [0.25, 0.3) is 5.91 Å². The molecule has 0 saturated heterocycles. The van der Waals surface area contributed by atoms with Gasteiger partial charge in [0.2, 0.25) is 0 Å². The van der Waals surface area contributed by atoms with E-state index in [0.29, 0.717) is 15.9 Å². The van der Waals surface area contributed by atoms with Gasteiger partial charge in [-0.3, -0.25) is 10.2 Å². The number of thiophene rings is 1. The van der Waals surface area contributed by atoms with Crippen LogP contribution in [0.2, 0.25) is 9.36 Å². The van der Waals surface area contributed by atoms with Crippen LogP contribution in [0, 0.1) is 5.41 Å². The lowest BCUT2D eigenvalue weighted by atomic mass is 10.2. The highest BCUT2D eigenvalue weighted by molar-refractivity contribution is 7.16. The lowest BCUT2D eigenvalue weighted by Crippen LogP contribution is -2.29. The van der Waals surface area contributed by atoms with Gasteiger partial charge in [-0.2, -0.15) is 0 Å². The summed E-state index contributed by atoms with van der Waals surface area (Å²) in [5, 5.41) is 8.27. The third kappa shape index (κ3) is 2.75. The number of amides is 1. The number of rotatable bonds is 3. The monoisotopic (exact) mass is 301 g/mol. The average molecular weight is 302 g/mol. The summed E-state index contributed by atoms with van der Waals surface area (Å²) in [5.74, 6) is -0.666. The summed E-state index contributed by atoms with van der Waals surface area (Å²) < 4.78 is 2.24. The van der Waals surface area contributed by atoms with E-state index in [1.807, 2.05) is 6.07 Å². The van der Waals surface area contributed by atoms with E-state index in [2.05, 4.69) is 0 Å². The van der Waals surface area contributed by atoms with Crippen molar-refractivity contribution in [2.45, 2.75) is 6.54 Å². The van der Waals surface area contributed by atoms with Crippen molar-refractivity contribution in [3.8, 4) is 0 Å². The minimum Gasteiger partial charge on any atom is -0.365 e. The zero-order valence-corrected chi connectivity index (χ0v) is 11.4. The number of primary amides is 1. The largest absolute Gasteiger partial charge is 0.365 e. The summed E-state index contributed by atoms with van der Waals surface area (Å²) in [5.41, 5.74) is 5.34. The molecule has 1 amide bonds. The molecule has 0 spiro atoms. The van der Waals surface area contributed by atoms with Gasteiger partial charge in [-0.15, -0.1) is 11.3 Å². The molecule has 0 radical (unpaired) electrons. The van der Waals surface area contributed by atoms with Crippen molar-refractivity contribution in [1.82, 2.24) is 4.57 Å². The zero-order valence-electron chi connectivity index (χ0n) is 9.11. The second-order valence-corrected chi connectivity index (χ2v) is 5.85. The van der Waals surface area contributed by atoms with Crippen LogP contribution >= 0.6 is 34.5 Å². The van der Waals surface area contributed by atoms with Crippen LogP contribution in [0.25, 0.3) is 0 Å². The molecule has 94 valence electrons. The molecule has 0 aliphatic heterocycles. The van der Waals surface area contributed by atoms with Crippen LogP contribution in [0.3, 0.4) is 0 Å². The van der Waals surface area contributed by atoms with Crippen LogP contribution in [-0.4, -0.2) is 10.5 Å². The zero-order chi connectivity index (χ0) is 13.3. The molecule has 4 nitrogen and oxygen atoms in total. The van der Waals surface area contributed by atoms with Crippen molar-refractivity contribution in [1.29, 1.82) is 5.41 Å². The standard InChI is InChI=1S/C11H9Cl2N3OS/c12-6-3-8(11(15)17)10(14)16(4-6)5-7-1-2-9(13)18-7/h1-4,14H,5H2,(H2,15,17). The van der Waals surface area contributed by atoms with E-state index in [4.69, 9.17) is 34.3 Å². The van der Waals surface area contributed by atoms with E-state index in [1.54, 1.807) is 16.8 Å². The first-order valence-electron chi connectivity index (χ1n) is 4.96. The Hall–Kier alpha value is -1.30. The number of halogens is 2. The predicted octanol–water partition coefficient (Wildman–Crippen LogP) is 2.48. The average Bonchev–Trinajstić information content (AvgIpc) is 2.68. The molecule has 2 heterocycles. The summed E-state index contributed by atoms with van der Waals surface area (Å²) in [7, 11) is 0. The van der Waals surface area contributed by atoms with Crippen LogP contribution in [-0.2, 0) is 6.54 Å². The number of carbonyl (C=O) groups excluding carboxylic acids is 1. The topological polar surface area (TPSA) is 71.9 Å². The molecule has 0 fully saturated rings. The number of nitrogens with two attached hydrogens (primary N) is 1. The molecule has 3 N–H and O–H groups in total. The highest BCUT2D eigenvalue weighted by Gasteiger charge is 2.09. The van der Waals surface area contributed by atoms with Gasteiger partial charge in [0.1, 0.15) is 5.49 Å². The molecule has 0 atom stereocenters. The van der Waals surface area contributed by atoms with Crippen molar-refractivity contribution in [3.05, 3.63) is 49.7 Å². The van der Waals surface area contributed by atoms with Crippen LogP contribution in [0.4, 0.5) is 0 Å². The third-order valence-electron chi connectivity index (χ3n) is 2.32. The quantitative estimate of drug-likeness (QED) is 0.898. The lowest BCUT2D eigenvalue weighted by Gasteiger charge is -2.08. The van der Waals surface area contributed by atoms with E-state index in [9.17, 15) is 4.79 Å². The minimum atomic E-state index is -0.666. The summed E-state index contributed by atoms with van der Waals surface area (Å²) in [6.07, 6.45) is 1.59. The van der Waals surface area contributed by atoms with Gasteiger partial charge in [0.15, 0.2) is 0 Å². The first kappa shape index (κ1) is 13.1. The fraction of sp³-hybridized carbons (Fsp3) is 0.0909. The Balaban J connectivity index is 2.45. The van der Waals surface area contributed by atoms with Crippen LogP contribution in [0.15, 0.2) is 24.4 Å². The van der Waals surface area contributed by atoms with E-state index in [0.717, 1.165) is 4.88 Å². The predicted molar refractivity (Wildman–Crippen MR) is 72.2 cm³/mol. The number of carbonyl (C=O) groups is 1. The molecule has 0 unspecified atom stereocenters. The molecule has 2 rings (SSSR count). The van der Waals surface area contributed by atoms with Crippen LogP contribution in [0.5, 0.6) is 0 Å². The summed E-state index contributed by atoms with van der Waals surface area (Å²) in [6.45, 7) is 0.428. The SMILES string of the molecule is N=c1c(C(N)=O)cc(Cl)cn1Cc1ccc(Cl)s1. The van der Waals surface area contributed by atoms with Crippen LogP contribution < -0.4 is 11.2 Å². The smallest absolute Gasteiger partial charge is 0.252 e. The molecule has 2 aromatic rings. The molecular formula is C11H9Cl2N3OS. The Morgan fingerprint density at radius 2 is 2.17 bits per heavy atom. The van der Waals surface area contributed by atoms with Gasteiger partial charge in [0.05, 0.1) is 21.5 Å². The van der Waals surface area contributed by atoms with E-state index in [1.165, 1.54) is 17.4 Å². The highest BCUT2D eigenvalue weighted by Crippen LogP contribution is 2.22. The molecule has 2 aromatic heterocycles. The summed E-state index contributed by atoms with van der Waals surface area (Å²) in [4.78, 5) is 12.2. The normalized spacial score (nSPS) is 10.6. The first-order chi connectivity index (χ1) is 8.47. The second-order valence-electron chi connectivity index (χ2n) is 3.62. The Kier molecular flexibility index (Phi) is 3.75. The first-order valence-corrected chi connectivity index (χ1v) is 6.53. The van der Waals surface area contributed by atoms with Crippen molar-refractivity contribution < 1.29 is 4.79 Å². The molecule has 0 bridgehead atoms. The molecule has 0 aromatic carbocycles. The summed E-state index contributed by atoms with van der Waals surface area (Å²) in [6, 6.07) is 5.04. The Morgan fingerprint density at radius 3 is 2.72 bits per heavy atom. The van der Waals surface area contributed by atoms with E-state index >= 15 is 0 Å². The Bertz CT molecular complexity index is 663. The maximum absolute atomic E-state index is 11.2. The van der Waals surface area contributed by atoms with Gasteiger partial charge < -0.3 is 10.3 Å². The van der Waals surface area contributed by atoms with Crippen molar-refractivity contribution in [2.75, 3.05) is 0 Å². The fourth-order valence-corrected chi connectivity index (χ4v) is 2.84. The lowest BCUT2D eigenvalue weighted by molar-refractivity contribution is 0.0998. The molecular weight excluding hydrogens is 293 g/mol. The molecule has 18 heavy (non-hydrogen) atoms. The number of hydrogen-bond donors (Lipinski definition) is 2. The van der Waals surface area contributed by atoms with Crippen LogP contribution in [0.1, 0.15) is 15.2 Å². The van der Waals surface area contributed by atoms with E-state index in [-0.39, 0.29) is 11.1 Å². The van der Waals surface area contributed by atoms with Gasteiger partial charge in [-0.1, -0.05) is 23.2 Å². The number of pyridine rings is 1. The highest BCUT2D eigenvalue weighted by atomic mass is 35.5. The number of nitrogens with zero attached hydrogens (tertiary/aromatic N) is 1. The van der Waals surface area contributed by atoms with Gasteiger partial charge >= 0.3 is 0 Å². The van der Waals surface area contributed by atoms with Crippen molar-refractivity contribution in [2.24, 2.45) is 5.73 Å². The molecule has 7 heteroatoms. The summed E-state index contributed by atoms with van der Waals surface area (Å²) >= 11 is 13.2. The number of aromatic nitrogens is 1. The Morgan fingerprint density at radius 1 is 1.44 bits per heavy atom. The third-order valence-corrected chi connectivity index (χ3v) is 3.75. The number of nitrogens with one attached hydrogen (secondary N) is 1. The van der Waals surface area contributed by atoms with Gasteiger partial charge in [-0.05, 0) is 18.2 Å². The van der Waals surface area contributed by atoms with E-state index < -0.39 is 5.91 Å². The van der Waals surface area contributed by atoms with Crippen molar-refractivity contribution in [3.63, 3.8) is 0 Å². The molecule has 0 saturated carbocycles. The fourth-order valence-electron chi connectivity index (χ4n) is 1.53. The second kappa shape index (κ2) is 5.14. The van der Waals surface area contributed by atoms with Crippen molar-refractivity contribution >= 4 is 40.4 Å². The Labute approximate surface area is 117 Å². The molecule has 0 aliphatic rings. The molecule has 0 aliphatic carbocycles. The maximum Gasteiger partial charge on any atom is 0.252 e.